The summed E-state index contributed by atoms with van der Waals surface area (Å²) in [6.07, 6.45) is 4.28. The van der Waals surface area contributed by atoms with Crippen molar-refractivity contribution in [3.63, 3.8) is 0 Å². The van der Waals surface area contributed by atoms with Gasteiger partial charge in [0.15, 0.2) is 0 Å². The van der Waals surface area contributed by atoms with Gasteiger partial charge in [0.1, 0.15) is 0 Å². The first-order chi connectivity index (χ1) is 8.19. The molecule has 0 bridgehead atoms. The van der Waals surface area contributed by atoms with Gasteiger partial charge in [-0.15, -0.1) is 0 Å². The van der Waals surface area contributed by atoms with E-state index in [9.17, 15) is 0 Å². The predicted molar refractivity (Wildman–Crippen MR) is 64.2 cm³/mol. The van der Waals surface area contributed by atoms with Crippen LogP contribution in [0.3, 0.4) is 0 Å². The highest BCUT2D eigenvalue weighted by molar-refractivity contribution is 5.52. The van der Waals surface area contributed by atoms with Crippen molar-refractivity contribution in [2.75, 3.05) is 6.54 Å². The van der Waals surface area contributed by atoms with Crippen molar-refractivity contribution in [2.45, 2.75) is 25.7 Å². The van der Waals surface area contributed by atoms with Gasteiger partial charge in [0.05, 0.1) is 5.41 Å². The van der Waals surface area contributed by atoms with Gasteiger partial charge >= 0.3 is 0 Å². The molecular formula is C12H16N4O. The largest absolute Gasteiger partial charge is 0.338 e. The third-order valence-corrected chi connectivity index (χ3v) is 3.09. The van der Waals surface area contributed by atoms with Crippen LogP contribution in [0.4, 0.5) is 0 Å². The second-order valence-electron chi connectivity index (χ2n) is 4.28. The second kappa shape index (κ2) is 4.63. The molecule has 5 heteroatoms. The van der Waals surface area contributed by atoms with Crippen molar-refractivity contribution < 1.29 is 4.52 Å². The van der Waals surface area contributed by atoms with E-state index in [1.165, 1.54) is 0 Å². The minimum Gasteiger partial charge on any atom is -0.338 e. The van der Waals surface area contributed by atoms with Gasteiger partial charge < -0.3 is 10.3 Å². The van der Waals surface area contributed by atoms with E-state index in [4.69, 9.17) is 10.3 Å². The highest BCUT2D eigenvalue weighted by Gasteiger charge is 2.29. The Balaban J connectivity index is 2.34. The molecule has 0 spiro atoms. The van der Waals surface area contributed by atoms with Crippen LogP contribution in [0.15, 0.2) is 29.0 Å². The zero-order chi connectivity index (χ0) is 12.3. The molecule has 0 fully saturated rings. The zero-order valence-electron chi connectivity index (χ0n) is 10.1. The van der Waals surface area contributed by atoms with Crippen molar-refractivity contribution >= 4 is 0 Å². The van der Waals surface area contributed by atoms with Crippen molar-refractivity contribution in [2.24, 2.45) is 5.73 Å². The molecule has 0 radical (unpaired) electrons. The molecule has 2 rings (SSSR count). The number of hydrogen-bond acceptors (Lipinski definition) is 5. The molecule has 1 atom stereocenters. The fourth-order valence-corrected chi connectivity index (χ4v) is 1.46. The molecule has 5 nitrogen and oxygen atoms in total. The summed E-state index contributed by atoms with van der Waals surface area (Å²) < 4.78 is 5.30. The monoisotopic (exact) mass is 232 g/mol. The molecule has 2 N–H and O–H groups in total. The van der Waals surface area contributed by atoms with Gasteiger partial charge in [-0.2, -0.15) is 4.98 Å². The lowest BCUT2D eigenvalue weighted by Gasteiger charge is -2.20. The van der Waals surface area contributed by atoms with Gasteiger partial charge in [-0.05, 0) is 25.5 Å². The van der Waals surface area contributed by atoms with E-state index in [2.05, 4.69) is 22.0 Å². The van der Waals surface area contributed by atoms with Crippen LogP contribution in [-0.4, -0.2) is 21.7 Å². The number of nitrogens with zero attached hydrogens (tertiary/aromatic N) is 3. The van der Waals surface area contributed by atoms with Gasteiger partial charge in [0.25, 0.3) is 0 Å². The lowest BCUT2D eigenvalue weighted by atomic mass is 9.88. The summed E-state index contributed by atoms with van der Waals surface area (Å²) in [5, 5.41) is 3.97. The van der Waals surface area contributed by atoms with Crippen LogP contribution in [0.5, 0.6) is 0 Å². The topological polar surface area (TPSA) is 77.8 Å². The molecule has 0 aliphatic rings. The first kappa shape index (κ1) is 11.7. The number of pyridine rings is 1. The lowest BCUT2D eigenvalue weighted by Crippen LogP contribution is -2.31. The summed E-state index contributed by atoms with van der Waals surface area (Å²) in [6, 6.07) is 3.74. The highest BCUT2D eigenvalue weighted by atomic mass is 16.5. The van der Waals surface area contributed by atoms with Crippen LogP contribution < -0.4 is 5.73 Å². The van der Waals surface area contributed by atoms with E-state index in [-0.39, 0.29) is 5.41 Å². The summed E-state index contributed by atoms with van der Waals surface area (Å²) >= 11 is 0. The quantitative estimate of drug-likeness (QED) is 0.869. The summed E-state index contributed by atoms with van der Waals surface area (Å²) in [7, 11) is 0. The molecule has 17 heavy (non-hydrogen) atoms. The maximum Gasteiger partial charge on any atom is 0.234 e. The Bertz CT molecular complexity index is 476. The second-order valence-corrected chi connectivity index (χ2v) is 4.28. The highest BCUT2D eigenvalue weighted by Crippen LogP contribution is 2.26. The molecule has 0 amide bonds. The third-order valence-electron chi connectivity index (χ3n) is 3.09. The summed E-state index contributed by atoms with van der Waals surface area (Å²) in [5.74, 6) is 1.14. The number of aromatic nitrogens is 3. The maximum absolute atomic E-state index is 5.76. The van der Waals surface area contributed by atoms with E-state index in [1.54, 1.807) is 12.4 Å². The Labute approximate surface area is 100 Å². The Morgan fingerprint density at radius 2 is 2.29 bits per heavy atom. The lowest BCUT2D eigenvalue weighted by molar-refractivity contribution is 0.291. The van der Waals surface area contributed by atoms with Crippen molar-refractivity contribution in [1.82, 2.24) is 15.1 Å². The summed E-state index contributed by atoms with van der Waals surface area (Å²) in [4.78, 5) is 8.42. The third kappa shape index (κ3) is 2.19. The van der Waals surface area contributed by atoms with Gasteiger partial charge in [0.2, 0.25) is 11.7 Å². The molecule has 2 aromatic rings. The molecular weight excluding hydrogens is 216 g/mol. The van der Waals surface area contributed by atoms with Crippen LogP contribution in [-0.2, 0) is 5.41 Å². The Kier molecular flexibility index (Phi) is 3.19. The molecule has 0 aliphatic heterocycles. The van der Waals surface area contributed by atoms with E-state index in [0.29, 0.717) is 18.3 Å². The Hall–Kier alpha value is -1.75. The first-order valence-corrected chi connectivity index (χ1v) is 5.64. The average Bonchev–Trinajstić information content (AvgIpc) is 2.89. The molecule has 1 unspecified atom stereocenters. The fraction of sp³-hybridized carbons (Fsp3) is 0.417. The molecule has 2 aromatic heterocycles. The summed E-state index contributed by atoms with van der Waals surface area (Å²) in [5.41, 5.74) is 6.35. The molecule has 0 aliphatic carbocycles. The van der Waals surface area contributed by atoms with Crippen molar-refractivity contribution in [1.29, 1.82) is 0 Å². The van der Waals surface area contributed by atoms with Gasteiger partial charge in [-0.25, -0.2) is 0 Å². The SMILES string of the molecule is CCC(C)(CN)c1nc(-c2cccnc2)no1. The smallest absolute Gasteiger partial charge is 0.234 e. The minimum absolute atomic E-state index is 0.256. The number of rotatable bonds is 4. The normalized spacial score (nSPS) is 14.5. The molecule has 0 saturated carbocycles. The summed E-state index contributed by atoms with van der Waals surface area (Å²) in [6.45, 7) is 4.56. The molecule has 0 aromatic carbocycles. The van der Waals surface area contributed by atoms with Gasteiger partial charge in [-0.3, -0.25) is 4.98 Å². The van der Waals surface area contributed by atoms with Gasteiger partial charge in [0, 0.05) is 24.5 Å². The Morgan fingerprint density at radius 1 is 1.47 bits per heavy atom. The molecule has 2 heterocycles. The first-order valence-electron chi connectivity index (χ1n) is 5.64. The van der Waals surface area contributed by atoms with E-state index in [0.717, 1.165) is 12.0 Å². The molecule has 0 saturated heterocycles. The maximum atomic E-state index is 5.76. The number of nitrogens with two attached hydrogens (primary N) is 1. The van der Waals surface area contributed by atoms with Crippen LogP contribution in [0, 0.1) is 0 Å². The minimum atomic E-state index is -0.256. The number of hydrogen-bond donors (Lipinski definition) is 1. The van der Waals surface area contributed by atoms with Gasteiger partial charge in [-0.1, -0.05) is 12.1 Å². The van der Waals surface area contributed by atoms with Crippen LogP contribution in [0.1, 0.15) is 26.2 Å². The van der Waals surface area contributed by atoms with E-state index in [1.807, 2.05) is 19.1 Å². The van der Waals surface area contributed by atoms with E-state index < -0.39 is 0 Å². The average molecular weight is 232 g/mol. The van der Waals surface area contributed by atoms with Crippen LogP contribution >= 0.6 is 0 Å². The van der Waals surface area contributed by atoms with Crippen molar-refractivity contribution in [3.05, 3.63) is 30.4 Å². The fourth-order valence-electron chi connectivity index (χ4n) is 1.46. The molecule has 90 valence electrons. The van der Waals surface area contributed by atoms with E-state index >= 15 is 0 Å². The Morgan fingerprint density at radius 3 is 2.88 bits per heavy atom. The predicted octanol–water partition coefficient (Wildman–Crippen LogP) is 1.76. The van der Waals surface area contributed by atoms with Crippen LogP contribution in [0.2, 0.25) is 0 Å². The van der Waals surface area contributed by atoms with Crippen molar-refractivity contribution in [3.8, 4) is 11.4 Å². The zero-order valence-corrected chi connectivity index (χ0v) is 10.1. The standard InChI is InChI=1S/C12H16N4O/c1-3-12(2,8-13)11-15-10(16-17-11)9-5-4-6-14-7-9/h4-7H,3,8,13H2,1-2H3. The van der Waals surface area contributed by atoms with Crippen LogP contribution in [0.25, 0.3) is 11.4 Å².